The van der Waals surface area contributed by atoms with Crippen molar-refractivity contribution in [3.05, 3.63) is 0 Å². The number of hydrogen-bond acceptors (Lipinski definition) is 5. The summed E-state index contributed by atoms with van der Waals surface area (Å²) >= 11 is 0. The van der Waals surface area contributed by atoms with Crippen LogP contribution >= 0.6 is 0 Å². The average molecular weight is 168 g/mol. The van der Waals surface area contributed by atoms with E-state index in [-0.39, 0.29) is 13.2 Å². The van der Waals surface area contributed by atoms with Crippen LogP contribution in [0.15, 0.2) is 0 Å². The summed E-state index contributed by atoms with van der Waals surface area (Å²) in [6.45, 7) is 0.171. The zero-order valence-corrected chi connectivity index (χ0v) is 6.60. The van der Waals surface area contributed by atoms with Gasteiger partial charge in [-0.25, -0.2) is 0 Å². The lowest BCUT2D eigenvalue weighted by molar-refractivity contribution is 0.297. The summed E-state index contributed by atoms with van der Waals surface area (Å²) in [5.41, 5.74) is 10.4. The highest BCUT2D eigenvalue weighted by molar-refractivity contribution is 7.85. The van der Waals surface area contributed by atoms with Crippen molar-refractivity contribution in [1.29, 1.82) is 0 Å². The third kappa shape index (κ3) is 5.96. The van der Waals surface area contributed by atoms with Crippen molar-refractivity contribution in [2.75, 3.05) is 19.4 Å². The Labute approximate surface area is 60.5 Å². The fourth-order valence-electron chi connectivity index (χ4n) is 0.279. The smallest absolute Gasteiger partial charge is 0.264 e. The molecule has 0 radical (unpaired) electrons. The van der Waals surface area contributed by atoms with E-state index in [1.54, 1.807) is 0 Å². The molecule has 0 spiro atoms. The van der Waals surface area contributed by atoms with E-state index in [9.17, 15) is 8.42 Å². The second-order valence-corrected chi connectivity index (χ2v) is 3.63. The molecule has 0 unspecified atom stereocenters. The Morgan fingerprint density at radius 1 is 1.60 bits per heavy atom. The zero-order chi connectivity index (χ0) is 8.20. The van der Waals surface area contributed by atoms with Crippen molar-refractivity contribution < 1.29 is 12.6 Å². The van der Waals surface area contributed by atoms with Gasteiger partial charge in [0.15, 0.2) is 0 Å². The van der Waals surface area contributed by atoms with Gasteiger partial charge in [-0.1, -0.05) is 0 Å². The van der Waals surface area contributed by atoms with Crippen molar-refractivity contribution in [2.45, 2.75) is 6.04 Å². The molecule has 0 fully saturated rings. The quantitative estimate of drug-likeness (QED) is 0.485. The van der Waals surface area contributed by atoms with E-state index in [2.05, 4.69) is 4.18 Å². The molecule has 0 aromatic rings. The van der Waals surface area contributed by atoms with Crippen molar-refractivity contribution >= 4 is 10.1 Å². The topological polar surface area (TPSA) is 95.4 Å². The Morgan fingerprint density at radius 3 is 2.40 bits per heavy atom. The highest BCUT2D eigenvalue weighted by atomic mass is 32.2. The molecule has 10 heavy (non-hydrogen) atoms. The third-order valence-corrected chi connectivity index (χ3v) is 1.36. The second-order valence-electron chi connectivity index (χ2n) is 1.98. The molecule has 0 aliphatic heterocycles. The van der Waals surface area contributed by atoms with Crippen LogP contribution in [-0.4, -0.2) is 33.9 Å². The molecule has 0 aromatic carbocycles. The van der Waals surface area contributed by atoms with E-state index >= 15 is 0 Å². The fraction of sp³-hybridized carbons (Fsp3) is 1.00. The molecule has 4 N–H and O–H groups in total. The van der Waals surface area contributed by atoms with Crippen molar-refractivity contribution in [3.63, 3.8) is 0 Å². The van der Waals surface area contributed by atoms with E-state index in [1.807, 2.05) is 0 Å². The third-order valence-electron chi connectivity index (χ3n) is 0.799. The summed E-state index contributed by atoms with van der Waals surface area (Å²) in [7, 11) is -3.36. The van der Waals surface area contributed by atoms with E-state index in [4.69, 9.17) is 11.5 Å². The van der Waals surface area contributed by atoms with E-state index in [1.165, 1.54) is 0 Å². The minimum absolute atomic E-state index is 0.0463. The monoisotopic (exact) mass is 168 g/mol. The van der Waals surface area contributed by atoms with Gasteiger partial charge in [-0.3, -0.25) is 4.18 Å². The van der Waals surface area contributed by atoms with Crippen molar-refractivity contribution in [2.24, 2.45) is 11.5 Å². The zero-order valence-electron chi connectivity index (χ0n) is 5.78. The predicted octanol–water partition coefficient (Wildman–Crippen LogP) is -1.75. The van der Waals surface area contributed by atoms with Gasteiger partial charge in [-0.2, -0.15) is 8.42 Å². The van der Waals surface area contributed by atoms with Gasteiger partial charge in [-0.15, -0.1) is 0 Å². The molecule has 5 nitrogen and oxygen atoms in total. The minimum Gasteiger partial charge on any atom is -0.329 e. The van der Waals surface area contributed by atoms with Crippen LogP contribution in [0.2, 0.25) is 0 Å². The Balaban J connectivity index is 3.56. The van der Waals surface area contributed by atoms with Crippen LogP contribution in [-0.2, 0) is 14.3 Å². The van der Waals surface area contributed by atoms with Crippen LogP contribution in [0.4, 0.5) is 0 Å². The maximum atomic E-state index is 10.3. The summed E-state index contributed by atoms with van der Waals surface area (Å²) in [6.07, 6.45) is 0.968. The molecule has 0 rings (SSSR count). The molecule has 0 heterocycles. The van der Waals surface area contributed by atoms with Gasteiger partial charge in [0.1, 0.15) is 0 Å². The maximum absolute atomic E-state index is 10.3. The predicted molar refractivity (Wildman–Crippen MR) is 37.8 cm³/mol. The summed E-state index contributed by atoms with van der Waals surface area (Å²) in [6, 6.07) is -0.408. The first-order chi connectivity index (χ1) is 4.45. The number of rotatable bonds is 4. The fourth-order valence-corrected chi connectivity index (χ4v) is 0.701. The standard InChI is InChI=1S/C4H12N2O3S/c1-10(7,8)9-3-4(6)2-5/h4H,2-3,5-6H2,1H3/t4-/m1/s1. The van der Waals surface area contributed by atoms with Crippen molar-refractivity contribution in [3.8, 4) is 0 Å². The van der Waals surface area contributed by atoms with Gasteiger partial charge >= 0.3 is 0 Å². The molecular formula is C4H12N2O3S. The van der Waals surface area contributed by atoms with Gasteiger partial charge in [0, 0.05) is 12.6 Å². The van der Waals surface area contributed by atoms with E-state index < -0.39 is 16.2 Å². The second kappa shape index (κ2) is 3.87. The van der Waals surface area contributed by atoms with Crippen molar-refractivity contribution in [1.82, 2.24) is 0 Å². The molecule has 0 saturated carbocycles. The van der Waals surface area contributed by atoms with Crippen LogP contribution in [0, 0.1) is 0 Å². The maximum Gasteiger partial charge on any atom is 0.264 e. The Kier molecular flexibility index (Phi) is 3.80. The van der Waals surface area contributed by atoms with E-state index in [0.29, 0.717) is 0 Å². The molecular weight excluding hydrogens is 156 g/mol. The SMILES string of the molecule is CS(=O)(=O)OC[C@H](N)CN. The Morgan fingerprint density at radius 2 is 2.10 bits per heavy atom. The van der Waals surface area contributed by atoms with Gasteiger partial charge in [0.25, 0.3) is 10.1 Å². The lowest BCUT2D eigenvalue weighted by Crippen LogP contribution is -2.35. The van der Waals surface area contributed by atoms with Gasteiger partial charge in [-0.05, 0) is 0 Å². The molecule has 0 amide bonds. The van der Waals surface area contributed by atoms with Gasteiger partial charge in [0.05, 0.1) is 12.9 Å². The molecule has 62 valence electrons. The van der Waals surface area contributed by atoms with Crippen LogP contribution in [0.1, 0.15) is 0 Å². The summed E-state index contributed by atoms with van der Waals surface area (Å²) in [4.78, 5) is 0. The lowest BCUT2D eigenvalue weighted by Gasteiger charge is -2.06. The Bertz CT molecular complexity index is 177. The molecule has 1 atom stereocenters. The van der Waals surface area contributed by atoms with Crippen LogP contribution in [0.25, 0.3) is 0 Å². The number of nitrogens with two attached hydrogens (primary N) is 2. The van der Waals surface area contributed by atoms with Crippen LogP contribution < -0.4 is 11.5 Å². The first-order valence-electron chi connectivity index (χ1n) is 2.76. The lowest BCUT2D eigenvalue weighted by atomic mass is 10.3. The molecule has 0 aliphatic rings. The first kappa shape index (κ1) is 9.83. The van der Waals surface area contributed by atoms with Gasteiger partial charge < -0.3 is 11.5 Å². The minimum atomic E-state index is -3.36. The highest BCUT2D eigenvalue weighted by Crippen LogP contribution is 1.87. The normalized spacial score (nSPS) is 15.1. The average Bonchev–Trinajstić information content (AvgIpc) is 1.81. The molecule has 0 saturated heterocycles. The summed E-state index contributed by atoms with van der Waals surface area (Å²) in [5.74, 6) is 0. The summed E-state index contributed by atoms with van der Waals surface area (Å²) < 4.78 is 25.0. The van der Waals surface area contributed by atoms with Crippen LogP contribution in [0.3, 0.4) is 0 Å². The molecule has 0 aliphatic carbocycles. The molecule has 6 heteroatoms. The van der Waals surface area contributed by atoms with Gasteiger partial charge in [0.2, 0.25) is 0 Å². The van der Waals surface area contributed by atoms with E-state index in [0.717, 1.165) is 6.26 Å². The summed E-state index contributed by atoms with van der Waals surface area (Å²) in [5, 5.41) is 0. The molecule has 0 aromatic heterocycles. The van der Waals surface area contributed by atoms with Crippen LogP contribution in [0.5, 0.6) is 0 Å². The largest absolute Gasteiger partial charge is 0.329 e. The number of hydrogen-bond donors (Lipinski definition) is 2. The first-order valence-corrected chi connectivity index (χ1v) is 4.57. The Hall–Kier alpha value is -0.170. The highest BCUT2D eigenvalue weighted by Gasteiger charge is 2.05. The molecule has 0 bridgehead atoms.